The number of carbonyl (C=O) groups is 1. The van der Waals surface area contributed by atoms with E-state index in [1.807, 2.05) is 18.3 Å². The summed E-state index contributed by atoms with van der Waals surface area (Å²) in [5.74, 6) is 0.837. The molecule has 2 heterocycles. The maximum Gasteiger partial charge on any atom is 0.220 e. The van der Waals surface area contributed by atoms with Crippen LogP contribution in [0, 0.1) is 5.92 Å². The van der Waals surface area contributed by atoms with Crippen molar-refractivity contribution in [3.05, 3.63) is 65.5 Å². The smallest absolute Gasteiger partial charge is 0.220 e. The topological polar surface area (TPSA) is 45.2 Å². The van der Waals surface area contributed by atoms with Crippen molar-refractivity contribution in [1.29, 1.82) is 0 Å². The van der Waals surface area contributed by atoms with Gasteiger partial charge in [0, 0.05) is 37.9 Å². The Bertz CT molecular complexity index is 727. The fraction of sp³-hybridized carbons (Fsp3) is 0.500. The van der Waals surface area contributed by atoms with Crippen LogP contribution >= 0.6 is 0 Å². The number of nitrogens with one attached hydrogen (secondary N) is 1. The molecule has 1 N–H and O–H groups in total. The van der Waals surface area contributed by atoms with Crippen LogP contribution in [0.25, 0.3) is 0 Å². The molecule has 0 bridgehead atoms. The minimum absolute atomic E-state index is 0.147. The second-order valence-electron chi connectivity index (χ2n) is 8.42. The molecule has 0 unspecified atom stereocenters. The molecule has 1 fully saturated rings. The number of hydrogen-bond acceptors (Lipinski definition) is 3. The standard InChI is InChI=1S/C24H33N3O/c1-19(2)15-20-7-9-22(10-8-20)17-27-14-4-6-23(18-27)26-24(28)12-11-21-5-3-13-25-16-21/h3,5,7-10,13,16,19,23H,4,6,11-12,14-15,17-18H2,1-2H3,(H,26,28)/t23-/m0/s1. The maximum absolute atomic E-state index is 12.3. The number of rotatable bonds is 8. The van der Waals surface area contributed by atoms with Crippen molar-refractivity contribution in [2.24, 2.45) is 5.92 Å². The Morgan fingerprint density at radius 1 is 1.18 bits per heavy atom. The van der Waals surface area contributed by atoms with Gasteiger partial charge in [-0.1, -0.05) is 44.2 Å². The third kappa shape index (κ3) is 6.75. The molecule has 1 aliphatic rings. The van der Waals surface area contributed by atoms with E-state index in [4.69, 9.17) is 0 Å². The van der Waals surface area contributed by atoms with Crippen LogP contribution < -0.4 is 5.32 Å². The molecule has 0 aliphatic carbocycles. The van der Waals surface area contributed by atoms with Crippen LogP contribution in [0.15, 0.2) is 48.8 Å². The van der Waals surface area contributed by atoms with Gasteiger partial charge in [-0.2, -0.15) is 0 Å². The summed E-state index contributed by atoms with van der Waals surface area (Å²) in [6, 6.07) is 13.2. The number of nitrogens with zero attached hydrogens (tertiary/aromatic N) is 2. The Balaban J connectivity index is 1.44. The van der Waals surface area contributed by atoms with Crippen LogP contribution in [-0.4, -0.2) is 34.9 Å². The van der Waals surface area contributed by atoms with Crippen molar-refractivity contribution in [2.45, 2.75) is 58.5 Å². The molecule has 2 aromatic rings. The molecular weight excluding hydrogens is 346 g/mol. The zero-order valence-electron chi connectivity index (χ0n) is 17.2. The first-order valence-electron chi connectivity index (χ1n) is 10.6. The zero-order chi connectivity index (χ0) is 19.8. The van der Waals surface area contributed by atoms with Crippen molar-refractivity contribution >= 4 is 5.91 Å². The van der Waals surface area contributed by atoms with E-state index in [-0.39, 0.29) is 11.9 Å². The number of aromatic nitrogens is 1. The lowest BCUT2D eigenvalue weighted by molar-refractivity contribution is -0.122. The molecule has 1 atom stereocenters. The highest BCUT2D eigenvalue weighted by Gasteiger charge is 2.21. The van der Waals surface area contributed by atoms with Crippen LogP contribution in [-0.2, 0) is 24.2 Å². The highest BCUT2D eigenvalue weighted by Crippen LogP contribution is 2.16. The lowest BCUT2D eigenvalue weighted by atomic mass is 10.0. The summed E-state index contributed by atoms with van der Waals surface area (Å²) in [5.41, 5.74) is 3.89. The second kappa shape index (κ2) is 10.4. The molecule has 1 aromatic heterocycles. The van der Waals surface area contributed by atoms with Gasteiger partial charge in [-0.05, 0) is 60.9 Å². The van der Waals surface area contributed by atoms with Gasteiger partial charge in [0.25, 0.3) is 0 Å². The summed E-state index contributed by atoms with van der Waals surface area (Å²) >= 11 is 0. The Morgan fingerprint density at radius 2 is 1.96 bits per heavy atom. The minimum Gasteiger partial charge on any atom is -0.352 e. The van der Waals surface area contributed by atoms with Crippen LogP contribution in [0.4, 0.5) is 0 Å². The van der Waals surface area contributed by atoms with Crippen molar-refractivity contribution in [3.8, 4) is 0 Å². The zero-order valence-corrected chi connectivity index (χ0v) is 17.2. The molecular formula is C24H33N3O. The normalized spacial score (nSPS) is 17.6. The molecule has 4 nitrogen and oxygen atoms in total. The summed E-state index contributed by atoms with van der Waals surface area (Å²) in [7, 11) is 0. The monoisotopic (exact) mass is 379 g/mol. The molecule has 1 amide bonds. The first-order valence-corrected chi connectivity index (χ1v) is 10.6. The van der Waals surface area contributed by atoms with Crippen LogP contribution in [0.2, 0.25) is 0 Å². The van der Waals surface area contributed by atoms with Crippen LogP contribution in [0.5, 0.6) is 0 Å². The summed E-state index contributed by atoms with van der Waals surface area (Å²) < 4.78 is 0. The average Bonchev–Trinajstić information content (AvgIpc) is 2.69. The molecule has 0 saturated carbocycles. The summed E-state index contributed by atoms with van der Waals surface area (Å²) in [5, 5.41) is 3.23. The lowest BCUT2D eigenvalue weighted by Crippen LogP contribution is -2.47. The Morgan fingerprint density at radius 3 is 2.68 bits per heavy atom. The molecule has 3 rings (SSSR count). The number of pyridine rings is 1. The number of hydrogen-bond donors (Lipinski definition) is 1. The molecule has 150 valence electrons. The summed E-state index contributed by atoms with van der Waals surface area (Å²) in [4.78, 5) is 18.9. The van der Waals surface area contributed by atoms with E-state index in [0.717, 1.165) is 50.9 Å². The van der Waals surface area contributed by atoms with Crippen molar-refractivity contribution < 1.29 is 4.79 Å². The molecule has 0 radical (unpaired) electrons. The van der Waals surface area contributed by atoms with E-state index in [1.165, 1.54) is 11.1 Å². The fourth-order valence-electron chi connectivity index (χ4n) is 3.93. The number of piperidine rings is 1. The maximum atomic E-state index is 12.3. The van der Waals surface area contributed by atoms with E-state index in [9.17, 15) is 4.79 Å². The number of carbonyl (C=O) groups excluding carboxylic acids is 1. The van der Waals surface area contributed by atoms with E-state index in [2.05, 4.69) is 53.3 Å². The van der Waals surface area contributed by atoms with E-state index in [0.29, 0.717) is 12.3 Å². The van der Waals surface area contributed by atoms with Gasteiger partial charge in [-0.3, -0.25) is 14.7 Å². The van der Waals surface area contributed by atoms with E-state index >= 15 is 0 Å². The number of benzene rings is 1. The van der Waals surface area contributed by atoms with Gasteiger partial charge in [0.05, 0.1) is 0 Å². The van der Waals surface area contributed by atoms with Gasteiger partial charge >= 0.3 is 0 Å². The molecule has 0 spiro atoms. The predicted octanol–water partition coefficient (Wildman–Crippen LogP) is 3.99. The van der Waals surface area contributed by atoms with Gasteiger partial charge in [0.2, 0.25) is 5.91 Å². The minimum atomic E-state index is 0.147. The summed E-state index contributed by atoms with van der Waals surface area (Å²) in [6.45, 7) is 7.52. The largest absolute Gasteiger partial charge is 0.352 e. The first kappa shape index (κ1) is 20.5. The van der Waals surface area contributed by atoms with Crippen molar-refractivity contribution in [2.75, 3.05) is 13.1 Å². The molecule has 28 heavy (non-hydrogen) atoms. The fourth-order valence-corrected chi connectivity index (χ4v) is 3.93. The van der Waals surface area contributed by atoms with E-state index < -0.39 is 0 Å². The third-order valence-electron chi connectivity index (χ3n) is 5.31. The third-order valence-corrected chi connectivity index (χ3v) is 5.31. The van der Waals surface area contributed by atoms with Gasteiger partial charge in [0.15, 0.2) is 0 Å². The van der Waals surface area contributed by atoms with E-state index in [1.54, 1.807) is 6.20 Å². The number of likely N-dealkylation sites (tertiary alicyclic amines) is 1. The predicted molar refractivity (Wildman–Crippen MR) is 114 cm³/mol. The second-order valence-corrected chi connectivity index (χ2v) is 8.42. The van der Waals surface area contributed by atoms with Crippen LogP contribution in [0.1, 0.15) is 49.8 Å². The van der Waals surface area contributed by atoms with Gasteiger partial charge in [0.1, 0.15) is 0 Å². The van der Waals surface area contributed by atoms with Gasteiger partial charge in [-0.15, -0.1) is 0 Å². The average molecular weight is 380 g/mol. The number of amides is 1. The molecule has 1 aliphatic heterocycles. The highest BCUT2D eigenvalue weighted by molar-refractivity contribution is 5.76. The van der Waals surface area contributed by atoms with Gasteiger partial charge < -0.3 is 5.32 Å². The Hall–Kier alpha value is -2.20. The highest BCUT2D eigenvalue weighted by atomic mass is 16.1. The summed E-state index contributed by atoms with van der Waals surface area (Å²) in [6.07, 6.45) is 8.22. The Kier molecular flexibility index (Phi) is 7.61. The van der Waals surface area contributed by atoms with Crippen molar-refractivity contribution in [1.82, 2.24) is 15.2 Å². The quantitative estimate of drug-likeness (QED) is 0.754. The number of aryl methyl sites for hydroxylation is 1. The molecule has 1 aromatic carbocycles. The first-order chi connectivity index (χ1) is 13.6. The lowest BCUT2D eigenvalue weighted by Gasteiger charge is -2.33. The van der Waals surface area contributed by atoms with Gasteiger partial charge in [-0.25, -0.2) is 0 Å². The van der Waals surface area contributed by atoms with Crippen LogP contribution in [0.3, 0.4) is 0 Å². The van der Waals surface area contributed by atoms with Crippen molar-refractivity contribution in [3.63, 3.8) is 0 Å². The molecule has 4 heteroatoms. The Labute approximate surface area is 169 Å². The SMILES string of the molecule is CC(C)Cc1ccc(CN2CCC[C@H](NC(=O)CCc3cccnc3)C2)cc1. The molecule has 1 saturated heterocycles.